The van der Waals surface area contributed by atoms with Crippen LogP contribution in [0.25, 0.3) is 0 Å². The number of methoxy groups -OCH3 is 1. The fraction of sp³-hybridized carbons (Fsp3) is 0.200. The van der Waals surface area contributed by atoms with Crippen LogP contribution in [0.1, 0.15) is 27.0 Å². The Morgan fingerprint density at radius 2 is 1.92 bits per heavy atom. The number of nitrogens with zero attached hydrogens (tertiary/aromatic N) is 2. The van der Waals surface area contributed by atoms with Crippen LogP contribution in [0.2, 0.25) is 0 Å². The molecule has 0 aliphatic rings. The van der Waals surface area contributed by atoms with Crippen LogP contribution in [0.4, 0.5) is 0 Å². The van der Waals surface area contributed by atoms with Gasteiger partial charge in [-0.05, 0) is 35.7 Å². The van der Waals surface area contributed by atoms with Crippen LogP contribution in [0.15, 0.2) is 61.2 Å². The molecule has 1 N–H and O–H groups in total. The van der Waals surface area contributed by atoms with E-state index in [4.69, 9.17) is 4.74 Å². The smallest absolute Gasteiger partial charge is 0.251 e. The normalized spacial score (nSPS) is 10.5. The molecule has 0 radical (unpaired) electrons. The zero-order valence-electron chi connectivity index (χ0n) is 14.4. The molecule has 0 atom stereocenters. The molecule has 0 spiro atoms. The summed E-state index contributed by atoms with van der Waals surface area (Å²) in [6.07, 6.45) is 5.50. The van der Waals surface area contributed by atoms with Crippen LogP contribution in [-0.4, -0.2) is 22.6 Å². The number of aromatic nitrogens is 2. The summed E-state index contributed by atoms with van der Waals surface area (Å²) >= 11 is 0. The standard InChI is InChI=1S/C20H21N3O2/c1-15-3-8-18(11-19(15)25-2)20(24)22-12-16-4-6-17(7-5-16)13-23-10-9-21-14-23/h3-11,14H,12-13H2,1-2H3,(H,22,24). The van der Waals surface area contributed by atoms with E-state index in [1.54, 1.807) is 31.8 Å². The second-order valence-electron chi connectivity index (χ2n) is 5.92. The summed E-state index contributed by atoms with van der Waals surface area (Å²) in [5, 5.41) is 2.94. The van der Waals surface area contributed by atoms with Gasteiger partial charge >= 0.3 is 0 Å². The number of amides is 1. The van der Waals surface area contributed by atoms with E-state index in [-0.39, 0.29) is 5.91 Å². The largest absolute Gasteiger partial charge is 0.496 e. The minimum absolute atomic E-state index is 0.110. The molecule has 128 valence electrons. The van der Waals surface area contributed by atoms with Crippen molar-refractivity contribution in [2.75, 3.05) is 7.11 Å². The number of carbonyl (C=O) groups is 1. The maximum absolute atomic E-state index is 12.3. The van der Waals surface area contributed by atoms with Gasteiger partial charge in [-0.25, -0.2) is 4.98 Å². The number of nitrogens with one attached hydrogen (secondary N) is 1. The van der Waals surface area contributed by atoms with E-state index in [2.05, 4.69) is 22.4 Å². The highest BCUT2D eigenvalue weighted by atomic mass is 16.5. The minimum atomic E-state index is -0.110. The number of hydrogen-bond acceptors (Lipinski definition) is 3. The van der Waals surface area contributed by atoms with Crippen molar-refractivity contribution >= 4 is 5.91 Å². The molecule has 1 heterocycles. The summed E-state index contributed by atoms with van der Waals surface area (Å²) in [6.45, 7) is 3.22. The molecule has 2 aromatic carbocycles. The number of benzene rings is 2. The van der Waals surface area contributed by atoms with Crippen molar-refractivity contribution in [3.8, 4) is 5.75 Å². The molecular formula is C20H21N3O2. The third-order valence-corrected chi connectivity index (χ3v) is 4.07. The van der Waals surface area contributed by atoms with Gasteiger partial charge in [0.15, 0.2) is 0 Å². The number of carbonyl (C=O) groups excluding carboxylic acids is 1. The Labute approximate surface area is 147 Å². The van der Waals surface area contributed by atoms with Crippen LogP contribution in [0, 0.1) is 6.92 Å². The van der Waals surface area contributed by atoms with Crippen molar-refractivity contribution in [2.24, 2.45) is 0 Å². The SMILES string of the molecule is COc1cc(C(=O)NCc2ccc(Cn3ccnc3)cc2)ccc1C. The number of hydrogen-bond donors (Lipinski definition) is 1. The van der Waals surface area contributed by atoms with E-state index in [1.165, 1.54) is 5.56 Å². The predicted molar refractivity (Wildman–Crippen MR) is 96.7 cm³/mol. The van der Waals surface area contributed by atoms with Gasteiger partial charge < -0.3 is 14.6 Å². The van der Waals surface area contributed by atoms with Crippen LogP contribution >= 0.6 is 0 Å². The molecule has 3 rings (SSSR count). The highest BCUT2D eigenvalue weighted by molar-refractivity contribution is 5.94. The average molecular weight is 335 g/mol. The Hall–Kier alpha value is -3.08. The van der Waals surface area contributed by atoms with Gasteiger partial charge in [0, 0.05) is 31.0 Å². The summed E-state index contributed by atoms with van der Waals surface area (Å²) in [4.78, 5) is 16.3. The molecule has 5 heteroatoms. The second-order valence-corrected chi connectivity index (χ2v) is 5.92. The summed E-state index contributed by atoms with van der Waals surface area (Å²) in [6, 6.07) is 13.6. The summed E-state index contributed by atoms with van der Waals surface area (Å²) in [5.41, 5.74) is 3.85. The molecule has 3 aromatic rings. The van der Waals surface area contributed by atoms with Crippen molar-refractivity contribution in [2.45, 2.75) is 20.0 Å². The quantitative estimate of drug-likeness (QED) is 0.753. The Morgan fingerprint density at radius 1 is 1.16 bits per heavy atom. The number of aryl methyl sites for hydroxylation is 1. The van der Waals surface area contributed by atoms with Crippen molar-refractivity contribution < 1.29 is 9.53 Å². The van der Waals surface area contributed by atoms with Crippen molar-refractivity contribution in [3.05, 3.63) is 83.4 Å². The van der Waals surface area contributed by atoms with Gasteiger partial charge in [0.05, 0.1) is 13.4 Å². The van der Waals surface area contributed by atoms with Crippen LogP contribution in [-0.2, 0) is 13.1 Å². The monoisotopic (exact) mass is 335 g/mol. The number of ether oxygens (including phenoxy) is 1. The molecule has 5 nitrogen and oxygen atoms in total. The van der Waals surface area contributed by atoms with Gasteiger partial charge in [0.2, 0.25) is 0 Å². The fourth-order valence-electron chi connectivity index (χ4n) is 2.60. The van der Waals surface area contributed by atoms with E-state index >= 15 is 0 Å². The molecule has 0 bridgehead atoms. The topological polar surface area (TPSA) is 56.1 Å². The lowest BCUT2D eigenvalue weighted by atomic mass is 10.1. The molecule has 0 aliphatic carbocycles. The molecular weight excluding hydrogens is 314 g/mol. The van der Waals surface area contributed by atoms with Gasteiger partial charge in [0.1, 0.15) is 5.75 Å². The van der Waals surface area contributed by atoms with Gasteiger partial charge in [-0.15, -0.1) is 0 Å². The molecule has 0 fully saturated rings. The molecule has 0 aliphatic heterocycles. The molecule has 1 amide bonds. The fourth-order valence-corrected chi connectivity index (χ4v) is 2.60. The second kappa shape index (κ2) is 7.66. The van der Waals surface area contributed by atoms with E-state index in [0.29, 0.717) is 12.1 Å². The van der Waals surface area contributed by atoms with Crippen molar-refractivity contribution in [1.82, 2.24) is 14.9 Å². The Morgan fingerprint density at radius 3 is 2.60 bits per heavy atom. The van der Waals surface area contributed by atoms with Crippen LogP contribution < -0.4 is 10.1 Å². The third-order valence-electron chi connectivity index (χ3n) is 4.07. The minimum Gasteiger partial charge on any atom is -0.496 e. The first-order valence-corrected chi connectivity index (χ1v) is 8.12. The Kier molecular flexibility index (Phi) is 5.14. The van der Waals surface area contributed by atoms with Crippen molar-refractivity contribution in [3.63, 3.8) is 0 Å². The molecule has 1 aromatic heterocycles. The zero-order valence-corrected chi connectivity index (χ0v) is 14.4. The number of imidazole rings is 1. The van der Waals surface area contributed by atoms with Crippen LogP contribution in [0.3, 0.4) is 0 Å². The van der Waals surface area contributed by atoms with Gasteiger partial charge in [-0.3, -0.25) is 4.79 Å². The lowest BCUT2D eigenvalue weighted by Gasteiger charge is -2.09. The first-order chi connectivity index (χ1) is 12.2. The first-order valence-electron chi connectivity index (χ1n) is 8.12. The lowest BCUT2D eigenvalue weighted by molar-refractivity contribution is 0.0950. The van der Waals surface area contributed by atoms with Gasteiger partial charge in [0.25, 0.3) is 5.91 Å². The maximum Gasteiger partial charge on any atom is 0.251 e. The first kappa shape index (κ1) is 16.8. The van der Waals surface area contributed by atoms with Crippen LogP contribution in [0.5, 0.6) is 5.75 Å². The molecule has 0 saturated heterocycles. The highest BCUT2D eigenvalue weighted by Crippen LogP contribution is 2.19. The summed E-state index contributed by atoms with van der Waals surface area (Å²) in [5.74, 6) is 0.609. The van der Waals surface area contributed by atoms with Gasteiger partial charge in [-0.2, -0.15) is 0 Å². The third kappa shape index (κ3) is 4.26. The van der Waals surface area contributed by atoms with E-state index in [0.717, 1.165) is 23.4 Å². The van der Waals surface area contributed by atoms with E-state index < -0.39 is 0 Å². The maximum atomic E-state index is 12.3. The van der Waals surface area contributed by atoms with E-state index in [9.17, 15) is 4.79 Å². The zero-order chi connectivity index (χ0) is 17.6. The molecule has 25 heavy (non-hydrogen) atoms. The van der Waals surface area contributed by atoms with Crippen molar-refractivity contribution in [1.29, 1.82) is 0 Å². The molecule has 0 unspecified atom stereocenters. The Bertz CT molecular complexity index is 840. The molecule has 0 saturated carbocycles. The lowest BCUT2D eigenvalue weighted by Crippen LogP contribution is -2.22. The van der Waals surface area contributed by atoms with Gasteiger partial charge in [-0.1, -0.05) is 30.3 Å². The average Bonchev–Trinajstić information content (AvgIpc) is 3.14. The van der Waals surface area contributed by atoms with E-state index in [1.807, 2.05) is 35.9 Å². The summed E-state index contributed by atoms with van der Waals surface area (Å²) in [7, 11) is 1.61. The number of rotatable bonds is 6. The summed E-state index contributed by atoms with van der Waals surface area (Å²) < 4.78 is 7.28. The highest BCUT2D eigenvalue weighted by Gasteiger charge is 2.08. The Balaban J connectivity index is 1.58. The predicted octanol–water partition coefficient (Wildman–Crippen LogP) is 3.18.